The molecule has 2 aromatic carbocycles. The average molecular weight is 426 g/mol. The Hall–Kier alpha value is -3.06. The molecule has 3 rings (SSSR count). The quantitative estimate of drug-likeness (QED) is 0.707. The Morgan fingerprint density at radius 3 is 2.39 bits per heavy atom. The first-order chi connectivity index (χ1) is 14.9. The van der Waals surface area contributed by atoms with Crippen molar-refractivity contribution in [3.63, 3.8) is 0 Å². The van der Waals surface area contributed by atoms with Crippen LogP contribution in [0.5, 0.6) is 11.5 Å². The molecule has 2 aromatic rings. The number of carbonyl (C=O) groups is 2. The Labute approximate surface area is 183 Å². The number of hydrogen-bond donors (Lipinski definition) is 2. The summed E-state index contributed by atoms with van der Waals surface area (Å²) in [6.07, 6.45) is 3.52. The van der Waals surface area contributed by atoms with Gasteiger partial charge in [-0.3, -0.25) is 9.59 Å². The van der Waals surface area contributed by atoms with E-state index in [9.17, 15) is 9.59 Å². The SMILES string of the molecule is COc1ccc(C(=O)N(Cc2cccc(NC(C)=O)c2)C2CCC(N)CC2)cc1OC. The van der Waals surface area contributed by atoms with E-state index in [4.69, 9.17) is 15.2 Å². The van der Waals surface area contributed by atoms with Crippen LogP contribution in [-0.4, -0.2) is 43.0 Å². The minimum atomic E-state index is -0.128. The molecule has 7 nitrogen and oxygen atoms in total. The van der Waals surface area contributed by atoms with Gasteiger partial charge in [-0.15, -0.1) is 0 Å². The number of nitrogens with zero attached hydrogens (tertiary/aromatic N) is 1. The van der Waals surface area contributed by atoms with E-state index in [1.54, 1.807) is 32.4 Å². The van der Waals surface area contributed by atoms with E-state index >= 15 is 0 Å². The predicted octanol–water partition coefficient (Wildman–Crippen LogP) is 3.57. The van der Waals surface area contributed by atoms with Gasteiger partial charge < -0.3 is 25.4 Å². The normalized spacial score (nSPS) is 18.2. The molecule has 0 spiro atoms. The van der Waals surface area contributed by atoms with E-state index in [2.05, 4.69) is 5.32 Å². The summed E-state index contributed by atoms with van der Waals surface area (Å²) in [7, 11) is 3.12. The summed E-state index contributed by atoms with van der Waals surface area (Å²) in [5.74, 6) is 0.909. The summed E-state index contributed by atoms with van der Waals surface area (Å²) in [6.45, 7) is 1.92. The molecule has 0 bridgehead atoms. The highest BCUT2D eigenvalue weighted by molar-refractivity contribution is 5.95. The highest BCUT2D eigenvalue weighted by Gasteiger charge is 2.29. The van der Waals surface area contributed by atoms with Crippen LogP contribution in [0.1, 0.15) is 48.5 Å². The lowest BCUT2D eigenvalue weighted by atomic mass is 9.90. The zero-order valence-corrected chi connectivity index (χ0v) is 18.4. The van der Waals surface area contributed by atoms with Gasteiger partial charge >= 0.3 is 0 Å². The van der Waals surface area contributed by atoms with Gasteiger partial charge in [0.25, 0.3) is 5.91 Å². The largest absolute Gasteiger partial charge is 0.493 e. The van der Waals surface area contributed by atoms with Crippen LogP contribution in [-0.2, 0) is 11.3 Å². The van der Waals surface area contributed by atoms with Crippen molar-refractivity contribution in [1.82, 2.24) is 4.90 Å². The lowest BCUT2D eigenvalue weighted by Gasteiger charge is -2.36. The number of benzene rings is 2. The van der Waals surface area contributed by atoms with Crippen molar-refractivity contribution in [3.05, 3.63) is 53.6 Å². The summed E-state index contributed by atoms with van der Waals surface area (Å²) in [6, 6.07) is 13.1. The summed E-state index contributed by atoms with van der Waals surface area (Å²) in [5.41, 5.74) is 8.32. The summed E-state index contributed by atoms with van der Waals surface area (Å²) < 4.78 is 10.7. The van der Waals surface area contributed by atoms with E-state index in [0.717, 1.165) is 31.2 Å². The van der Waals surface area contributed by atoms with Crippen LogP contribution in [0.3, 0.4) is 0 Å². The van der Waals surface area contributed by atoms with E-state index in [1.165, 1.54) is 6.92 Å². The number of nitrogens with one attached hydrogen (secondary N) is 1. The van der Waals surface area contributed by atoms with Crippen LogP contribution >= 0.6 is 0 Å². The third-order valence-corrected chi connectivity index (χ3v) is 5.67. The van der Waals surface area contributed by atoms with Crippen LogP contribution in [0.2, 0.25) is 0 Å². The molecule has 1 aliphatic carbocycles. The minimum absolute atomic E-state index is 0.0636. The molecule has 0 saturated heterocycles. The molecule has 31 heavy (non-hydrogen) atoms. The lowest BCUT2D eigenvalue weighted by Crippen LogP contribution is -2.43. The van der Waals surface area contributed by atoms with Crippen LogP contribution in [0, 0.1) is 0 Å². The van der Waals surface area contributed by atoms with Gasteiger partial charge in [0.2, 0.25) is 5.91 Å². The van der Waals surface area contributed by atoms with E-state index in [1.807, 2.05) is 29.2 Å². The molecular weight excluding hydrogens is 394 g/mol. The van der Waals surface area contributed by atoms with Crippen LogP contribution in [0.4, 0.5) is 5.69 Å². The molecule has 0 unspecified atom stereocenters. The Balaban J connectivity index is 1.89. The summed E-state index contributed by atoms with van der Waals surface area (Å²) >= 11 is 0. The van der Waals surface area contributed by atoms with Crippen molar-refractivity contribution in [2.75, 3.05) is 19.5 Å². The highest BCUT2D eigenvalue weighted by atomic mass is 16.5. The Bertz CT molecular complexity index is 923. The van der Waals surface area contributed by atoms with Gasteiger partial charge in [-0.2, -0.15) is 0 Å². The number of carbonyl (C=O) groups excluding carboxylic acids is 2. The monoisotopic (exact) mass is 425 g/mol. The summed E-state index contributed by atoms with van der Waals surface area (Å²) in [4.78, 5) is 26.9. The second-order valence-electron chi connectivity index (χ2n) is 7.95. The standard InChI is InChI=1S/C24H31N3O4/c1-16(28)26-20-6-4-5-17(13-20)15-27(21-10-8-19(25)9-11-21)24(29)18-7-12-22(30-2)23(14-18)31-3/h4-7,12-14,19,21H,8-11,15,25H2,1-3H3,(H,26,28). The zero-order valence-electron chi connectivity index (χ0n) is 18.4. The van der Waals surface area contributed by atoms with E-state index in [0.29, 0.717) is 29.3 Å². The van der Waals surface area contributed by atoms with E-state index < -0.39 is 0 Å². The highest BCUT2D eigenvalue weighted by Crippen LogP contribution is 2.30. The van der Waals surface area contributed by atoms with Crippen LogP contribution in [0.25, 0.3) is 0 Å². The number of methoxy groups -OCH3 is 2. The Kier molecular flexibility index (Phi) is 7.52. The number of anilines is 1. The maximum absolute atomic E-state index is 13.6. The molecule has 0 radical (unpaired) electrons. The van der Waals surface area contributed by atoms with Gasteiger partial charge in [0.15, 0.2) is 11.5 Å². The van der Waals surface area contributed by atoms with Crippen molar-refractivity contribution in [2.24, 2.45) is 5.73 Å². The van der Waals surface area contributed by atoms with Crippen molar-refractivity contribution >= 4 is 17.5 Å². The minimum Gasteiger partial charge on any atom is -0.493 e. The van der Waals surface area contributed by atoms with Gasteiger partial charge in [-0.25, -0.2) is 0 Å². The molecule has 2 amide bonds. The molecule has 1 saturated carbocycles. The molecule has 0 aromatic heterocycles. The molecular formula is C24H31N3O4. The van der Waals surface area contributed by atoms with Gasteiger partial charge in [-0.1, -0.05) is 12.1 Å². The second-order valence-corrected chi connectivity index (χ2v) is 7.95. The maximum Gasteiger partial charge on any atom is 0.254 e. The maximum atomic E-state index is 13.6. The van der Waals surface area contributed by atoms with E-state index in [-0.39, 0.29) is 23.9 Å². The number of ether oxygens (including phenoxy) is 2. The third-order valence-electron chi connectivity index (χ3n) is 5.67. The molecule has 7 heteroatoms. The van der Waals surface area contributed by atoms with Gasteiger partial charge in [0.05, 0.1) is 14.2 Å². The zero-order chi connectivity index (χ0) is 22.4. The average Bonchev–Trinajstić information content (AvgIpc) is 2.77. The van der Waals surface area contributed by atoms with Crippen molar-refractivity contribution < 1.29 is 19.1 Å². The van der Waals surface area contributed by atoms with Gasteiger partial charge in [0, 0.05) is 36.8 Å². The van der Waals surface area contributed by atoms with Crippen molar-refractivity contribution in [3.8, 4) is 11.5 Å². The molecule has 1 aliphatic rings. The number of hydrogen-bond acceptors (Lipinski definition) is 5. The fourth-order valence-electron chi connectivity index (χ4n) is 4.06. The molecule has 0 aliphatic heterocycles. The first kappa shape index (κ1) is 22.6. The number of nitrogens with two attached hydrogens (primary N) is 1. The Morgan fingerprint density at radius 2 is 1.74 bits per heavy atom. The molecule has 166 valence electrons. The molecule has 0 heterocycles. The fourth-order valence-corrected chi connectivity index (χ4v) is 4.06. The van der Waals surface area contributed by atoms with Crippen LogP contribution in [0.15, 0.2) is 42.5 Å². The number of amides is 2. The lowest BCUT2D eigenvalue weighted by molar-refractivity contribution is -0.114. The van der Waals surface area contributed by atoms with Gasteiger partial charge in [-0.05, 0) is 61.6 Å². The van der Waals surface area contributed by atoms with Gasteiger partial charge in [0.1, 0.15) is 0 Å². The van der Waals surface area contributed by atoms with Crippen molar-refractivity contribution in [1.29, 1.82) is 0 Å². The first-order valence-electron chi connectivity index (χ1n) is 10.6. The third kappa shape index (κ3) is 5.76. The van der Waals surface area contributed by atoms with Crippen LogP contribution < -0.4 is 20.5 Å². The topological polar surface area (TPSA) is 93.9 Å². The first-order valence-corrected chi connectivity index (χ1v) is 10.6. The number of rotatable bonds is 7. The smallest absolute Gasteiger partial charge is 0.254 e. The predicted molar refractivity (Wildman–Crippen MR) is 120 cm³/mol. The van der Waals surface area contributed by atoms with Crippen molar-refractivity contribution in [2.45, 2.75) is 51.2 Å². The second kappa shape index (κ2) is 10.3. The summed E-state index contributed by atoms with van der Waals surface area (Å²) in [5, 5.41) is 2.80. The molecule has 3 N–H and O–H groups in total. The fraction of sp³-hybridized carbons (Fsp3) is 0.417. The molecule has 1 fully saturated rings. The molecule has 0 atom stereocenters. The Morgan fingerprint density at radius 1 is 1.03 bits per heavy atom.